The Labute approximate surface area is 126 Å². The van der Waals surface area contributed by atoms with Crippen molar-refractivity contribution in [3.8, 4) is 0 Å². The van der Waals surface area contributed by atoms with Gasteiger partial charge in [0.25, 0.3) is 5.69 Å². The number of amides is 1. The van der Waals surface area contributed by atoms with Crippen LogP contribution in [0.25, 0.3) is 0 Å². The Kier molecular flexibility index (Phi) is 3.96. The summed E-state index contributed by atoms with van der Waals surface area (Å²) in [6.07, 6.45) is 0. The molecule has 0 aliphatic rings. The lowest BCUT2D eigenvalue weighted by molar-refractivity contribution is -0.387. The fraction of sp³-hybridized carbons (Fsp3) is 0.0714. The van der Waals surface area contributed by atoms with Gasteiger partial charge < -0.3 is 5.73 Å². The highest BCUT2D eigenvalue weighted by Crippen LogP contribution is 2.32. The molecule has 0 spiro atoms. The molecule has 2 N–H and O–H groups in total. The van der Waals surface area contributed by atoms with Crippen LogP contribution in [0, 0.1) is 17.0 Å². The monoisotopic (exact) mass is 320 g/mol. The summed E-state index contributed by atoms with van der Waals surface area (Å²) in [5.74, 6) is -1.05. The first kappa shape index (κ1) is 15.6. The van der Waals surface area contributed by atoms with Crippen LogP contribution < -0.4 is 5.73 Å². The molecule has 114 valence electrons. The topological polar surface area (TPSA) is 120 Å². The molecule has 2 aromatic rings. The number of nitro benzene ring substituents is 1. The summed E-state index contributed by atoms with van der Waals surface area (Å²) >= 11 is 0. The van der Waals surface area contributed by atoms with Crippen LogP contribution in [0.1, 0.15) is 15.9 Å². The first-order valence-electron chi connectivity index (χ1n) is 6.14. The van der Waals surface area contributed by atoms with E-state index in [1.54, 1.807) is 19.1 Å². The van der Waals surface area contributed by atoms with Gasteiger partial charge in [-0.15, -0.1) is 0 Å². The van der Waals surface area contributed by atoms with Crippen molar-refractivity contribution in [3.63, 3.8) is 0 Å². The second-order valence-electron chi connectivity index (χ2n) is 4.59. The summed E-state index contributed by atoms with van der Waals surface area (Å²) in [7, 11) is -4.25. The Hall–Kier alpha value is -2.74. The van der Waals surface area contributed by atoms with Crippen molar-refractivity contribution in [2.24, 2.45) is 5.73 Å². The van der Waals surface area contributed by atoms with E-state index in [2.05, 4.69) is 0 Å². The van der Waals surface area contributed by atoms with E-state index in [9.17, 15) is 23.3 Å². The van der Waals surface area contributed by atoms with Crippen LogP contribution in [-0.2, 0) is 9.84 Å². The molecular weight excluding hydrogens is 308 g/mol. The molecule has 0 aliphatic carbocycles. The predicted molar refractivity (Wildman–Crippen MR) is 78.2 cm³/mol. The number of carbonyl (C=O) groups excluding carboxylic acids is 1. The van der Waals surface area contributed by atoms with E-state index in [1.807, 2.05) is 0 Å². The van der Waals surface area contributed by atoms with Crippen LogP contribution in [0.3, 0.4) is 0 Å². The number of sulfone groups is 1. The molecule has 0 aromatic heterocycles. The average molecular weight is 320 g/mol. The minimum absolute atomic E-state index is 0.144. The van der Waals surface area contributed by atoms with Gasteiger partial charge in [0.15, 0.2) is 4.90 Å². The van der Waals surface area contributed by atoms with Crippen LogP contribution in [-0.4, -0.2) is 19.2 Å². The summed E-state index contributed by atoms with van der Waals surface area (Å²) in [6.45, 7) is 1.77. The number of aryl methyl sites for hydroxylation is 1. The van der Waals surface area contributed by atoms with Gasteiger partial charge in [-0.25, -0.2) is 8.42 Å². The van der Waals surface area contributed by atoms with Gasteiger partial charge >= 0.3 is 0 Å². The first-order chi connectivity index (χ1) is 10.2. The van der Waals surface area contributed by atoms with Gasteiger partial charge in [0, 0.05) is 6.07 Å². The highest BCUT2D eigenvalue weighted by atomic mass is 32.2. The minimum atomic E-state index is -4.25. The standard InChI is InChI=1S/C14H12N2O5S/c1-9-5-7-10(8-6-9)22(20,21)13-11(14(15)17)3-2-4-12(13)16(18)19/h2-8H,1H3,(H2,15,17). The molecule has 1 amide bonds. The van der Waals surface area contributed by atoms with Gasteiger partial charge in [0.1, 0.15) is 0 Å². The van der Waals surface area contributed by atoms with Crippen molar-refractivity contribution >= 4 is 21.4 Å². The van der Waals surface area contributed by atoms with Gasteiger partial charge in [0.2, 0.25) is 15.7 Å². The number of hydrogen-bond acceptors (Lipinski definition) is 5. The second-order valence-corrected chi connectivity index (χ2v) is 6.48. The van der Waals surface area contributed by atoms with E-state index in [0.29, 0.717) is 0 Å². The molecule has 8 heteroatoms. The van der Waals surface area contributed by atoms with E-state index in [-0.39, 0.29) is 4.90 Å². The molecule has 2 rings (SSSR count). The minimum Gasteiger partial charge on any atom is -0.366 e. The molecule has 0 radical (unpaired) electrons. The molecule has 0 bridgehead atoms. The number of rotatable bonds is 4. The van der Waals surface area contributed by atoms with Crippen molar-refractivity contribution in [3.05, 3.63) is 63.7 Å². The summed E-state index contributed by atoms with van der Waals surface area (Å²) in [6, 6.07) is 9.16. The van der Waals surface area contributed by atoms with E-state index < -0.39 is 36.8 Å². The number of hydrogen-bond donors (Lipinski definition) is 1. The quantitative estimate of drug-likeness (QED) is 0.680. The van der Waals surface area contributed by atoms with Crippen molar-refractivity contribution in [2.45, 2.75) is 16.7 Å². The van der Waals surface area contributed by atoms with E-state index in [1.165, 1.54) is 18.2 Å². The molecule has 0 heterocycles. The Balaban J connectivity index is 2.82. The van der Waals surface area contributed by atoms with Gasteiger partial charge in [-0.05, 0) is 25.1 Å². The zero-order chi connectivity index (χ0) is 16.5. The van der Waals surface area contributed by atoms with E-state index in [4.69, 9.17) is 5.73 Å². The maximum atomic E-state index is 12.7. The van der Waals surface area contributed by atoms with Crippen molar-refractivity contribution in [1.82, 2.24) is 0 Å². The Morgan fingerprint density at radius 1 is 1.14 bits per heavy atom. The maximum absolute atomic E-state index is 12.7. The largest absolute Gasteiger partial charge is 0.366 e. The van der Waals surface area contributed by atoms with Crippen LogP contribution in [0.5, 0.6) is 0 Å². The van der Waals surface area contributed by atoms with Crippen LogP contribution in [0.4, 0.5) is 5.69 Å². The van der Waals surface area contributed by atoms with E-state index >= 15 is 0 Å². The molecule has 2 aromatic carbocycles. The fourth-order valence-electron chi connectivity index (χ4n) is 1.98. The van der Waals surface area contributed by atoms with Crippen molar-refractivity contribution in [1.29, 1.82) is 0 Å². The molecule has 7 nitrogen and oxygen atoms in total. The number of nitrogens with zero attached hydrogens (tertiary/aromatic N) is 1. The summed E-state index contributed by atoms with van der Waals surface area (Å²) in [5, 5.41) is 11.1. The molecule has 0 fully saturated rings. The van der Waals surface area contributed by atoms with E-state index in [0.717, 1.165) is 17.7 Å². The number of primary amides is 1. The number of benzene rings is 2. The van der Waals surface area contributed by atoms with Gasteiger partial charge in [-0.3, -0.25) is 14.9 Å². The van der Waals surface area contributed by atoms with Crippen LogP contribution >= 0.6 is 0 Å². The SMILES string of the molecule is Cc1ccc(S(=O)(=O)c2c(C(N)=O)cccc2[N+](=O)[O-])cc1. The van der Waals surface area contributed by atoms with Crippen molar-refractivity contribution in [2.75, 3.05) is 0 Å². The lowest BCUT2D eigenvalue weighted by atomic mass is 10.2. The van der Waals surface area contributed by atoms with Gasteiger partial charge in [0.05, 0.1) is 15.4 Å². The van der Waals surface area contributed by atoms with Crippen LogP contribution in [0.15, 0.2) is 52.3 Å². The molecule has 0 saturated carbocycles. The predicted octanol–water partition coefficient (Wildman–Crippen LogP) is 1.83. The smallest absolute Gasteiger partial charge is 0.289 e. The maximum Gasteiger partial charge on any atom is 0.289 e. The normalized spacial score (nSPS) is 11.1. The summed E-state index contributed by atoms with van der Waals surface area (Å²) in [5.41, 5.74) is 4.90. The average Bonchev–Trinajstić information content (AvgIpc) is 2.46. The van der Waals surface area contributed by atoms with Crippen LogP contribution in [0.2, 0.25) is 0 Å². The fourth-order valence-corrected chi connectivity index (χ4v) is 3.59. The van der Waals surface area contributed by atoms with Gasteiger partial charge in [-0.1, -0.05) is 23.8 Å². The third-order valence-corrected chi connectivity index (χ3v) is 4.92. The third kappa shape index (κ3) is 2.68. The second kappa shape index (κ2) is 5.57. The highest BCUT2D eigenvalue weighted by Gasteiger charge is 2.32. The van der Waals surface area contributed by atoms with Crippen molar-refractivity contribution < 1.29 is 18.1 Å². The molecule has 0 atom stereocenters. The number of nitro groups is 1. The Morgan fingerprint density at radius 2 is 1.73 bits per heavy atom. The molecule has 0 unspecified atom stereocenters. The lowest BCUT2D eigenvalue weighted by Gasteiger charge is -2.09. The molecular formula is C14H12N2O5S. The number of carbonyl (C=O) groups is 1. The number of nitrogens with two attached hydrogens (primary N) is 1. The summed E-state index contributed by atoms with van der Waals surface area (Å²) < 4.78 is 25.4. The molecule has 0 aliphatic heterocycles. The zero-order valence-electron chi connectivity index (χ0n) is 11.5. The molecule has 22 heavy (non-hydrogen) atoms. The lowest BCUT2D eigenvalue weighted by Crippen LogP contribution is -2.18. The first-order valence-corrected chi connectivity index (χ1v) is 7.62. The summed E-state index contributed by atoms with van der Waals surface area (Å²) in [4.78, 5) is 20.9. The third-order valence-electron chi connectivity index (χ3n) is 3.06. The highest BCUT2D eigenvalue weighted by molar-refractivity contribution is 7.91. The van der Waals surface area contributed by atoms with Gasteiger partial charge in [-0.2, -0.15) is 0 Å². The zero-order valence-corrected chi connectivity index (χ0v) is 12.3. The Morgan fingerprint density at radius 3 is 2.23 bits per heavy atom. The molecule has 0 saturated heterocycles. The Bertz CT molecular complexity index is 825.